The fourth-order valence-corrected chi connectivity index (χ4v) is 2.95. The molecule has 94 valence electrons. The van der Waals surface area contributed by atoms with Gasteiger partial charge in [-0.25, -0.2) is 0 Å². The zero-order chi connectivity index (χ0) is 11.6. The minimum absolute atomic E-state index is 0.00230. The number of ether oxygens (including phenoxy) is 2. The van der Waals surface area contributed by atoms with Gasteiger partial charge in [0.2, 0.25) is 0 Å². The van der Waals surface area contributed by atoms with Gasteiger partial charge in [-0.2, -0.15) is 0 Å². The Morgan fingerprint density at radius 3 is 2.75 bits per heavy atom. The molecule has 0 N–H and O–H groups in total. The van der Waals surface area contributed by atoms with Crippen molar-refractivity contribution in [2.45, 2.75) is 63.8 Å². The van der Waals surface area contributed by atoms with E-state index < -0.39 is 0 Å². The van der Waals surface area contributed by atoms with Crippen molar-refractivity contribution in [3.8, 4) is 0 Å². The van der Waals surface area contributed by atoms with Gasteiger partial charge in [0.1, 0.15) is 0 Å². The first-order valence-corrected chi connectivity index (χ1v) is 7.99. The Kier molecular flexibility index (Phi) is 4.52. The summed E-state index contributed by atoms with van der Waals surface area (Å²) in [5.74, 6) is 0.824. The Morgan fingerprint density at radius 2 is 2.06 bits per heavy atom. The van der Waals surface area contributed by atoms with Crippen LogP contribution in [-0.4, -0.2) is 28.8 Å². The third-order valence-corrected chi connectivity index (χ3v) is 5.59. The van der Waals surface area contributed by atoms with Gasteiger partial charge in [0.05, 0.1) is 24.4 Å². The van der Waals surface area contributed by atoms with Crippen molar-refractivity contribution in [2.24, 2.45) is 5.92 Å². The molecule has 3 atom stereocenters. The Balaban J connectivity index is 1.76. The second-order valence-electron chi connectivity index (χ2n) is 5.78. The van der Waals surface area contributed by atoms with Crippen molar-refractivity contribution < 1.29 is 9.47 Å². The average molecular weight is 338 g/mol. The Hall–Kier alpha value is 0.650. The van der Waals surface area contributed by atoms with Crippen LogP contribution in [0.25, 0.3) is 0 Å². The summed E-state index contributed by atoms with van der Waals surface area (Å²) in [5.41, 5.74) is -0.00230. The zero-order valence-corrected chi connectivity index (χ0v) is 12.5. The van der Waals surface area contributed by atoms with Crippen LogP contribution < -0.4 is 0 Å². The molecular formula is C13H23IO2. The number of alkyl halides is 1. The topological polar surface area (TPSA) is 18.5 Å². The molecule has 3 heteroatoms. The number of halogens is 1. The molecule has 2 aliphatic rings. The fourth-order valence-electron chi connectivity index (χ4n) is 2.73. The van der Waals surface area contributed by atoms with Crippen molar-refractivity contribution in [1.82, 2.24) is 0 Å². The maximum absolute atomic E-state index is 6.08. The fraction of sp³-hybridized carbons (Fsp3) is 1.00. The largest absolute Gasteiger partial charge is 0.372 e. The van der Waals surface area contributed by atoms with Crippen molar-refractivity contribution in [2.75, 3.05) is 11.0 Å². The smallest absolute Gasteiger partial charge is 0.0816 e. The van der Waals surface area contributed by atoms with Gasteiger partial charge in [-0.15, -0.1) is 0 Å². The van der Waals surface area contributed by atoms with Crippen molar-refractivity contribution in [3.05, 3.63) is 0 Å². The molecule has 1 saturated carbocycles. The number of hydrogen-bond acceptors (Lipinski definition) is 2. The Bertz CT molecular complexity index is 216. The van der Waals surface area contributed by atoms with E-state index in [2.05, 4.69) is 36.4 Å². The molecule has 1 saturated heterocycles. The van der Waals surface area contributed by atoms with E-state index in [1.807, 2.05) is 0 Å². The lowest BCUT2D eigenvalue weighted by atomic mass is 9.85. The van der Waals surface area contributed by atoms with E-state index in [4.69, 9.17) is 9.47 Å². The van der Waals surface area contributed by atoms with Gasteiger partial charge < -0.3 is 9.47 Å². The predicted molar refractivity (Wildman–Crippen MR) is 74.2 cm³/mol. The minimum Gasteiger partial charge on any atom is -0.372 e. The van der Waals surface area contributed by atoms with Crippen molar-refractivity contribution in [1.29, 1.82) is 0 Å². The Morgan fingerprint density at radius 1 is 1.31 bits per heavy atom. The van der Waals surface area contributed by atoms with Gasteiger partial charge in [0, 0.05) is 4.43 Å². The predicted octanol–water partition coefficient (Wildman–Crippen LogP) is 3.56. The second-order valence-corrected chi connectivity index (χ2v) is 6.54. The highest BCUT2D eigenvalue weighted by molar-refractivity contribution is 14.1. The van der Waals surface area contributed by atoms with Crippen molar-refractivity contribution >= 4 is 22.6 Å². The first-order valence-electron chi connectivity index (χ1n) is 6.46. The molecule has 1 aliphatic heterocycles. The number of rotatable bonds is 4. The van der Waals surface area contributed by atoms with Crippen LogP contribution in [0.3, 0.4) is 0 Å². The van der Waals surface area contributed by atoms with Crippen LogP contribution in [0.5, 0.6) is 0 Å². The van der Waals surface area contributed by atoms with Crippen LogP contribution in [0.2, 0.25) is 0 Å². The Labute approximate surface area is 113 Å². The summed E-state index contributed by atoms with van der Waals surface area (Å²) in [6.07, 6.45) is 7.53. The van der Waals surface area contributed by atoms with E-state index in [9.17, 15) is 0 Å². The van der Waals surface area contributed by atoms with E-state index in [0.717, 1.165) is 17.0 Å². The number of hydrogen-bond donors (Lipinski definition) is 0. The van der Waals surface area contributed by atoms with Gasteiger partial charge in [0.15, 0.2) is 0 Å². The second kappa shape index (κ2) is 5.53. The molecule has 1 heterocycles. The first kappa shape index (κ1) is 13.1. The maximum atomic E-state index is 6.08. The molecule has 2 fully saturated rings. The summed E-state index contributed by atoms with van der Waals surface area (Å²) >= 11 is 2.38. The summed E-state index contributed by atoms with van der Waals surface area (Å²) in [5, 5.41) is 0. The van der Waals surface area contributed by atoms with Gasteiger partial charge in [-0.3, -0.25) is 0 Å². The molecule has 0 radical (unpaired) electrons. The van der Waals surface area contributed by atoms with Gasteiger partial charge in [-0.05, 0) is 39.0 Å². The molecule has 16 heavy (non-hydrogen) atoms. The third kappa shape index (κ3) is 3.33. The lowest BCUT2D eigenvalue weighted by Crippen LogP contribution is -2.30. The van der Waals surface area contributed by atoms with Crippen LogP contribution in [0.15, 0.2) is 0 Å². The molecule has 0 spiro atoms. The van der Waals surface area contributed by atoms with Gasteiger partial charge >= 0.3 is 0 Å². The molecule has 0 aromatic carbocycles. The van der Waals surface area contributed by atoms with E-state index in [1.165, 1.54) is 32.1 Å². The molecule has 0 amide bonds. The van der Waals surface area contributed by atoms with Crippen LogP contribution in [0, 0.1) is 5.92 Å². The third-order valence-electron chi connectivity index (χ3n) is 3.75. The van der Waals surface area contributed by atoms with Crippen LogP contribution in [-0.2, 0) is 9.47 Å². The highest BCUT2D eigenvalue weighted by Crippen LogP contribution is 2.37. The molecule has 2 nitrogen and oxygen atoms in total. The van der Waals surface area contributed by atoms with E-state index in [1.54, 1.807) is 0 Å². The average Bonchev–Trinajstić information content (AvgIpc) is 2.69. The highest BCUT2D eigenvalue weighted by atomic mass is 127. The van der Waals surface area contributed by atoms with E-state index in [0.29, 0.717) is 12.2 Å². The lowest BCUT2D eigenvalue weighted by Gasteiger charge is -2.25. The quantitative estimate of drug-likeness (QED) is 0.576. The molecule has 1 aliphatic carbocycles. The summed E-state index contributed by atoms with van der Waals surface area (Å²) in [4.78, 5) is 0. The molecule has 2 rings (SSSR count). The zero-order valence-electron chi connectivity index (χ0n) is 10.4. The standard InChI is InChI=1S/C13H23IO2/c1-13(2,9-14)15-8-11-7-10-5-3-4-6-12(10)16-11/h10-12H,3-9H2,1-2H3. The summed E-state index contributed by atoms with van der Waals surface area (Å²) in [7, 11) is 0. The van der Waals surface area contributed by atoms with Crippen LogP contribution in [0.1, 0.15) is 46.0 Å². The van der Waals surface area contributed by atoms with Crippen LogP contribution >= 0.6 is 22.6 Å². The summed E-state index contributed by atoms with van der Waals surface area (Å²) in [6, 6.07) is 0. The van der Waals surface area contributed by atoms with Crippen LogP contribution in [0.4, 0.5) is 0 Å². The SMILES string of the molecule is CC(C)(CI)OCC1CC2CCCCC2O1. The van der Waals surface area contributed by atoms with Gasteiger partial charge in [-0.1, -0.05) is 35.4 Å². The summed E-state index contributed by atoms with van der Waals surface area (Å²) < 4.78 is 13.0. The number of fused-ring (bicyclic) bond motifs is 1. The monoisotopic (exact) mass is 338 g/mol. The molecule has 0 bridgehead atoms. The molecular weight excluding hydrogens is 315 g/mol. The highest BCUT2D eigenvalue weighted by Gasteiger charge is 2.37. The molecule has 3 unspecified atom stereocenters. The maximum Gasteiger partial charge on any atom is 0.0816 e. The normalized spacial score (nSPS) is 35.1. The first-order chi connectivity index (χ1) is 7.61. The van der Waals surface area contributed by atoms with E-state index >= 15 is 0 Å². The van der Waals surface area contributed by atoms with Gasteiger partial charge in [0.25, 0.3) is 0 Å². The summed E-state index contributed by atoms with van der Waals surface area (Å²) in [6.45, 7) is 5.09. The van der Waals surface area contributed by atoms with Crippen molar-refractivity contribution in [3.63, 3.8) is 0 Å². The molecule has 0 aromatic rings. The van der Waals surface area contributed by atoms with E-state index in [-0.39, 0.29) is 5.60 Å². The minimum atomic E-state index is -0.00230. The lowest BCUT2D eigenvalue weighted by molar-refractivity contribution is -0.0703. The molecule has 0 aromatic heterocycles.